The van der Waals surface area contributed by atoms with Crippen molar-refractivity contribution in [1.29, 1.82) is 5.26 Å². The van der Waals surface area contributed by atoms with Crippen LogP contribution in [-0.4, -0.2) is 12.5 Å². The number of nitrogens with one attached hydrogen (secondary N) is 1. The average Bonchev–Trinajstić information content (AvgIpc) is 3.16. The lowest BCUT2D eigenvalue weighted by atomic mass is 10.1. The fraction of sp³-hybridized carbons (Fsp3) is 0.0909. The van der Waals surface area contributed by atoms with Crippen molar-refractivity contribution in [2.45, 2.75) is 6.42 Å². The zero-order valence-electron chi connectivity index (χ0n) is 14.5. The molecule has 0 atom stereocenters. The van der Waals surface area contributed by atoms with Gasteiger partial charge < -0.3 is 9.73 Å². The second-order valence-corrected chi connectivity index (χ2v) is 6.79. The van der Waals surface area contributed by atoms with E-state index >= 15 is 0 Å². The highest BCUT2D eigenvalue weighted by Gasteiger charge is 2.10. The predicted molar refractivity (Wildman–Crippen MR) is 109 cm³/mol. The molecule has 0 saturated carbocycles. The highest BCUT2D eigenvalue weighted by molar-refractivity contribution is 9.10. The Kier molecular flexibility index (Phi) is 6.24. The molecule has 3 aromatic rings. The van der Waals surface area contributed by atoms with Crippen LogP contribution in [-0.2, 0) is 11.2 Å². The molecule has 0 aliphatic carbocycles. The number of halogens is 1. The standard InChI is InChI=1S/C22H17BrN2O2/c23-19-8-6-17(7-9-19)21-11-10-20(27-21)14-18(15-24)22(26)25-13-12-16-4-2-1-3-5-16/h1-11,14H,12-13H2,(H,25,26). The molecular weight excluding hydrogens is 404 g/mol. The van der Waals surface area contributed by atoms with Crippen LogP contribution < -0.4 is 5.32 Å². The van der Waals surface area contributed by atoms with Crippen molar-refractivity contribution in [2.24, 2.45) is 0 Å². The fourth-order valence-corrected chi connectivity index (χ4v) is 2.82. The Morgan fingerprint density at radius 3 is 2.52 bits per heavy atom. The number of hydrogen-bond donors (Lipinski definition) is 1. The van der Waals surface area contributed by atoms with Crippen LogP contribution in [0.15, 0.2) is 81.2 Å². The van der Waals surface area contributed by atoms with Crippen molar-refractivity contribution in [1.82, 2.24) is 5.32 Å². The molecule has 5 heteroatoms. The molecule has 1 heterocycles. The van der Waals surface area contributed by atoms with E-state index in [1.54, 1.807) is 6.07 Å². The molecule has 0 unspecified atom stereocenters. The topological polar surface area (TPSA) is 66.0 Å². The Morgan fingerprint density at radius 1 is 1.07 bits per heavy atom. The van der Waals surface area contributed by atoms with Crippen LogP contribution in [0, 0.1) is 11.3 Å². The molecule has 1 amide bonds. The van der Waals surface area contributed by atoms with E-state index in [-0.39, 0.29) is 5.57 Å². The van der Waals surface area contributed by atoms with Gasteiger partial charge in [0.15, 0.2) is 0 Å². The third kappa shape index (κ3) is 5.19. The first-order chi connectivity index (χ1) is 13.2. The average molecular weight is 421 g/mol. The molecule has 0 aliphatic rings. The third-order valence-electron chi connectivity index (χ3n) is 3.95. The summed E-state index contributed by atoms with van der Waals surface area (Å²) >= 11 is 3.40. The van der Waals surface area contributed by atoms with Gasteiger partial charge in [0.05, 0.1) is 0 Å². The monoisotopic (exact) mass is 420 g/mol. The summed E-state index contributed by atoms with van der Waals surface area (Å²) in [6.07, 6.45) is 2.17. The van der Waals surface area contributed by atoms with Crippen molar-refractivity contribution >= 4 is 27.9 Å². The van der Waals surface area contributed by atoms with Crippen LogP contribution in [0.3, 0.4) is 0 Å². The van der Waals surface area contributed by atoms with E-state index < -0.39 is 5.91 Å². The Labute approximate surface area is 166 Å². The Bertz CT molecular complexity index is 983. The summed E-state index contributed by atoms with van der Waals surface area (Å²) < 4.78 is 6.73. The molecule has 27 heavy (non-hydrogen) atoms. The van der Waals surface area contributed by atoms with Gasteiger partial charge in [-0.1, -0.05) is 58.4 Å². The van der Waals surface area contributed by atoms with Gasteiger partial charge in [0.25, 0.3) is 5.91 Å². The number of nitriles is 1. The molecule has 0 bridgehead atoms. The highest BCUT2D eigenvalue weighted by Crippen LogP contribution is 2.25. The van der Waals surface area contributed by atoms with E-state index in [2.05, 4.69) is 21.2 Å². The third-order valence-corrected chi connectivity index (χ3v) is 4.48. The lowest BCUT2D eigenvalue weighted by Crippen LogP contribution is -2.26. The molecule has 3 rings (SSSR count). The van der Waals surface area contributed by atoms with Crippen LogP contribution in [0.25, 0.3) is 17.4 Å². The van der Waals surface area contributed by atoms with Gasteiger partial charge in [0.1, 0.15) is 23.2 Å². The SMILES string of the molecule is N#CC(=Cc1ccc(-c2ccc(Br)cc2)o1)C(=O)NCCc1ccccc1. The van der Waals surface area contributed by atoms with Crippen LogP contribution in [0.4, 0.5) is 0 Å². The number of carbonyl (C=O) groups excluding carboxylic acids is 1. The quantitative estimate of drug-likeness (QED) is 0.451. The molecule has 0 saturated heterocycles. The first-order valence-corrected chi connectivity index (χ1v) is 9.25. The lowest BCUT2D eigenvalue weighted by molar-refractivity contribution is -0.117. The van der Waals surface area contributed by atoms with Crippen LogP contribution in [0.5, 0.6) is 0 Å². The van der Waals surface area contributed by atoms with E-state index in [1.165, 1.54) is 6.08 Å². The van der Waals surface area contributed by atoms with Gasteiger partial charge in [-0.15, -0.1) is 0 Å². The van der Waals surface area contributed by atoms with E-state index in [0.29, 0.717) is 24.5 Å². The minimum atomic E-state index is -0.407. The van der Waals surface area contributed by atoms with Gasteiger partial charge in [-0.05, 0) is 36.2 Å². The number of amides is 1. The summed E-state index contributed by atoms with van der Waals surface area (Å²) in [5.74, 6) is 0.730. The van der Waals surface area contributed by atoms with Crippen molar-refractivity contribution in [3.63, 3.8) is 0 Å². The zero-order chi connectivity index (χ0) is 19.1. The number of nitrogens with zero attached hydrogens (tertiary/aromatic N) is 1. The maximum atomic E-state index is 12.2. The van der Waals surface area contributed by atoms with E-state index in [9.17, 15) is 10.1 Å². The largest absolute Gasteiger partial charge is 0.457 e. The van der Waals surface area contributed by atoms with E-state index in [1.807, 2.05) is 66.7 Å². The maximum Gasteiger partial charge on any atom is 0.262 e. The number of benzene rings is 2. The molecule has 0 radical (unpaired) electrons. The van der Waals surface area contributed by atoms with Crippen molar-refractivity contribution in [3.05, 3.63) is 88.1 Å². The van der Waals surface area contributed by atoms with Gasteiger partial charge >= 0.3 is 0 Å². The maximum absolute atomic E-state index is 12.2. The normalized spacial score (nSPS) is 11.0. The fourth-order valence-electron chi connectivity index (χ4n) is 2.55. The molecule has 134 valence electrons. The predicted octanol–water partition coefficient (Wildman–Crippen LogP) is 4.97. The second kappa shape index (κ2) is 9.02. The summed E-state index contributed by atoms with van der Waals surface area (Å²) in [5.41, 5.74) is 2.06. The summed E-state index contributed by atoms with van der Waals surface area (Å²) in [6, 6.07) is 23.1. The summed E-state index contributed by atoms with van der Waals surface area (Å²) in [6.45, 7) is 0.462. The molecule has 0 fully saturated rings. The summed E-state index contributed by atoms with van der Waals surface area (Å²) in [5, 5.41) is 12.1. The van der Waals surface area contributed by atoms with Crippen molar-refractivity contribution in [3.8, 4) is 17.4 Å². The smallest absolute Gasteiger partial charge is 0.262 e. The van der Waals surface area contributed by atoms with Crippen molar-refractivity contribution in [2.75, 3.05) is 6.54 Å². The second-order valence-electron chi connectivity index (χ2n) is 5.87. The van der Waals surface area contributed by atoms with Gasteiger partial charge in [-0.25, -0.2) is 0 Å². The number of rotatable bonds is 6. The number of carbonyl (C=O) groups is 1. The Balaban J connectivity index is 1.64. The van der Waals surface area contributed by atoms with Gasteiger partial charge in [-0.3, -0.25) is 4.79 Å². The minimum Gasteiger partial charge on any atom is -0.457 e. The van der Waals surface area contributed by atoms with Gasteiger partial charge in [0, 0.05) is 22.7 Å². The van der Waals surface area contributed by atoms with Crippen molar-refractivity contribution < 1.29 is 9.21 Å². The molecular formula is C22H17BrN2O2. The first-order valence-electron chi connectivity index (χ1n) is 8.45. The van der Waals surface area contributed by atoms with Crippen LogP contribution in [0.1, 0.15) is 11.3 Å². The lowest BCUT2D eigenvalue weighted by Gasteiger charge is -2.04. The highest BCUT2D eigenvalue weighted by atomic mass is 79.9. The molecule has 2 aromatic carbocycles. The number of furan rings is 1. The first kappa shape index (κ1) is 18.7. The Hall–Kier alpha value is -3.10. The van der Waals surface area contributed by atoms with E-state index in [4.69, 9.17) is 4.42 Å². The molecule has 0 aliphatic heterocycles. The van der Waals surface area contributed by atoms with Gasteiger partial charge in [0.2, 0.25) is 0 Å². The zero-order valence-corrected chi connectivity index (χ0v) is 16.1. The minimum absolute atomic E-state index is 0.0137. The molecule has 1 aromatic heterocycles. The van der Waals surface area contributed by atoms with Crippen LogP contribution in [0.2, 0.25) is 0 Å². The molecule has 4 nitrogen and oxygen atoms in total. The van der Waals surface area contributed by atoms with Gasteiger partial charge in [-0.2, -0.15) is 5.26 Å². The van der Waals surface area contributed by atoms with Crippen LogP contribution >= 0.6 is 15.9 Å². The summed E-state index contributed by atoms with van der Waals surface area (Å²) in [4.78, 5) is 12.2. The molecule has 0 spiro atoms. The Morgan fingerprint density at radius 2 is 1.81 bits per heavy atom. The molecule has 1 N–H and O–H groups in total. The number of hydrogen-bond acceptors (Lipinski definition) is 3. The van der Waals surface area contributed by atoms with E-state index in [0.717, 1.165) is 15.6 Å². The summed E-state index contributed by atoms with van der Waals surface area (Å²) in [7, 11) is 0.